The summed E-state index contributed by atoms with van der Waals surface area (Å²) in [5.74, 6) is -1.20. The Kier molecular flexibility index (Phi) is 7.53. The molecule has 0 spiro atoms. The molecule has 0 aromatic heterocycles. The zero-order valence-electron chi connectivity index (χ0n) is 17.4. The molecule has 2 rings (SSSR count). The van der Waals surface area contributed by atoms with Crippen LogP contribution in [0.5, 0.6) is 5.75 Å². The van der Waals surface area contributed by atoms with Gasteiger partial charge in [0.05, 0.1) is 12.7 Å². The molecule has 6 heteroatoms. The van der Waals surface area contributed by atoms with E-state index in [1.165, 1.54) is 7.11 Å². The van der Waals surface area contributed by atoms with E-state index in [0.29, 0.717) is 16.9 Å². The Morgan fingerprint density at radius 2 is 1.69 bits per heavy atom. The van der Waals surface area contributed by atoms with E-state index in [0.717, 1.165) is 11.1 Å². The largest absolute Gasteiger partial charge is 0.496 e. The second-order valence-corrected chi connectivity index (χ2v) is 7.24. The molecule has 2 aromatic rings. The molecule has 6 nitrogen and oxygen atoms in total. The molecule has 29 heavy (non-hydrogen) atoms. The molecule has 0 aliphatic heterocycles. The van der Waals surface area contributed by atoms with Crippen molar-refractivity contribution in [3.8, 4) is 5.75 Å². The van der Waals surface area contributed by atoms with Crippen molar-refractivity contribution in [2.45, 2.75) is 33.7 Å². The summed E-state index contributed by atoms with van der Waals surface area (Å²) in [5, 5.41) is 2.68. The fourth-order valence-electron chi connectivity index (χ4n) is 2.98. The van der Waals surface area contributed by atoms with Gasteiger partial charge in [-0.1, -0.05) is 49.7 Å². The zero-order chi connectivity index (χ0) is 21.6. The number of benzene rings is 2. The lowest BCUT2D eigenvalue weighted by molar-refractivity contribution is -0.145. The quantitative estimate of drug-likeness (QED) is 0.545. The van der Waals surface area contributed by atoms with E-state index < -0.39 is 17.9 Å². The Labute approximate surface area is 171 Å². The number of Topliss-reactive ketones (excluding diaryl/α,β-unsaturated/α-hetero) is 1. The van der Waals surface area contributed by atoms with Crippen LogP contribution in [0.15, 0.2) is 42.5 Å². The van der Waals surface area contributed by atoms with Gasteiger partial charge in [-0.15, -0.1) is 0 Å². The first kappa shape index (κ1) is 22.1. The minimum atomic E-state index is -0.890. The lowest BCUT2D eigenvalue weighted by Gasteiger charge is -2.21. The van der Waals surface area contributed by atoms with Crippen LogP contribution in [0.3, 0.4) is 0 Å². The van der Waals surface area contributed by atoms with Gasteiger partial charge in [0.1, 0.15) is 11.8 Å². The van der Waals surface area contributed by atoms with Gasteiger partial charge in [-0.3, -0.25) is 9.59 Å². The number of ketones is 1. The number of rotatable bonds is 8. The van der Waals surface area contributed by atoms with Crippen molar-refractivity contribution in [3.63, 3.8) is 0 Å². The highest BCUT2D eigenvalue weighted by molar-refractivity contribution is 6.01. The number of amides is 1. The maximum absolute atomic E-state index is 12.6. The van der Waals surface area contributed by atoms with E-state index in [1.54, 1.807) is 44.2 Å². The minimum absolute atomic E-state index is 0.225. The summed E-state index contributed by atoms with van der Waals surface area (Å²) >= 11 is 0. The summed E-state index contributed by atoms with van der Waals surface area (Å²) in [5.41, 5.74) is 2.72. The van der Waals surface area contributed by atoms with E-state index in [2.05, 4.69) is 5.32 Å². The highest BCUT2D eigenvalue weighted by atomic mass is 16.5. The van der Waals surface area contributed by atoms with Gasteiger partial charge in [0.25, 0.3) is 5.91 Å². The molecule has 0 radical (unpaired) electrons. The van der Waals surface area contributed by atoms with E-state index in [-0.39, 0.29) is 18.3 Å². The molecule has 0 aliphatic carbocycles. The molecule has 1 atom stereocenters. The molecule has 154 valence electrons. The Morgan fingerprint density at radius 3 is 2.31 bits per heavy atom. The monoisotopic (exact) mass is 397 g/mol. The van der Waals surface area contributed by atoms with Crippen molar-refractivity contribution < 1.29 is 23.9 Å². The summed E-state index contributed by atoms with van der Waals surface area (Å²) in [7, 11) is 1.47. The summed E-state index contributed by atoms with van der Waals surface area (Å²) in [6.45, 7) is 6.99. The van der Waals surface area contributed by atoms with Crippen molar-refractivity contribution in [1.29, 1.82) is 0 Å². The van der Waals surface area contributed by atoms with Crippen LogP contribution in [0, 0.1) is 19.8 Å². The summed E-state index contributed by atoms with van der Waals surface area (Å²) in [6, 6.07) is 11.3. The number of carbonyl (C=O) groups excluding carboxylic acids is 3. The topological polar surface area (TPSA) is 81.7 Å². The Balaban J connectivity index is 2.05. The lowest BCUT2D eigenvalue weighted by Crippen LogP contribution is -2.45. The van der Waals surface area contributed by atoms with Gasteiger partial charge >= 0.3 is 5.97 Å². The molecule has 0 aliphatic rings. The third-order valence-electron chi connectivity index (χ3n) is 4.59. The number of nitrogens with one attached hydrogen (secondary N) is 1. The van der Waals surface area contributed by atoms with Crippen LogP contribution >= 0.6 is 0 Å². The molecule has 0 fully saturated rings. The second-order valence-electron chi connectivity index (χ2n) is 7.24. The van der Waals surface area contributed by atoms with Crippen LogP contribution in [0.25, 0.3) is 0 Å². The lowest BCUT2D eigenvalue weighted by atomic mass is 10.0. The number of hydrogen-bond acceptors (Lipinski definition) is 5. The predicted molar refractivity (Wildman–Crippen MR) is 110 cm³/mol. The number of methoxy groups -OCH3 is 1. The second kappa shape index (κ2) is 9.87. The average Bonchev–Trinajstić information content (AvgIpc) is 2.69. The molecule has 0 saturated carbocycles. The van der Waals surface area contributed by atoms with Crippen LogP contribution in [-0.2, 0) is 9.53 Å². The molecule has 0 saturated heterocycles. The van der Waals surface area contributed by atoms with E-state index in [9.17, 15) is 14.4 Å². The fraction of sp³-hybridized carbons (Fsp3) is 0.348. The number of carbonyl (C=O) groups is 3. The molecule has 2 aromatic carbocycles. The molecule has 0 heterocycles. The van der Waals surface area contributed by atoms with Gasteiger partial charge in [0.15, 0.2) is 6.61 Å². The van der Waals surface area contributed by atoms with Crippen LogP contribution in [0.1, 0.15) is 45.7 Å². The first-order valence-corrected chi connectivity index (χ1v) is 9.45. The molecule has 1 amide bonds. The maximum Gasteiger partial charge on any atom is 0.329 e. The summed E-state index contributed by atoms with van der Waals surface area (Å²) < 4.78 is 10.4. The number of aryl methyl sites for hydroxylation is 2. The van der Waals surface area contributed by atoms with E-state index in [1.807, 2.05) is 26.0 Å². The smallest absolute Gasteiger partial charge is 0.329 e. The third kappa shape index (κ3) is 5.67. The predicted octanol–water partition coefficient (Wildman–Crippen LogP) is 3.49. The molecule has 0 unspecified atom stereocenters. The highest BCUT2D eigenvalue weighted by Gasteiger charge is 2.28. The van der Waals surface area contributed by atoms with Crippen molar-refractivity contribution in [1.82, 2.24) is 5.32 Å². The zero-order valence-corrected chi connectivity index (χ0v) is 17.4. The summed E-state index contributed by atoms with van der Waals surface area (Å²) in [6.07, 6.45) is 0. The molecular formula is C23H27NO5. The highest BCUT2D eigenvalue weighted by Crippen LogP contribution is 2.18. The molecule has 1 N–H and O–H groups in total. The maximum atomic E-state index is 12.6. The fourth-order valence-corrected chi connectivity index (χ4v) is 2.98. The van der Waals surface area contributed by atoms with Gasteiger partial charge in [0, 0.05) is 5.56 Å². The Morgan fingerprint density at radius 1 is 1.00 bits per heavy atom. The van der Waals surface area contributed by atoms with Crippen molar-refractivity contribution in [2.24, 2.45) is 5.92 Å². The summed E-state index contributed by atoms with van der Waals surface area (Å²) in [4.78, 5) is 37.6. The average molecular weight is 397 g/mol. The SMILES string of the molecule is COc1ccccc1C(=O)N[C@H](C(=O)OCC(=O)c1ccc(C)cc1C)C(C)C. The van der Waals surface area contributed by atoms with Gasteiger partial charge in [-0.25, -0.2) is 4.79 Å². The van der Waals surface area contributed by atoms with Gasteiger partial charge in [0.2, 0.25) is 5.78 Å². The van der Waals surface area contributed by atoms with Crippen LogP contribution < -0.4 is 10.1 Å². The third-order valence-corrected chi connectivity index (χ3v) is 4.59. The van der Waals surface area contributed by atoms with Crippen LogP contribution in [-0.4, -0.2) is 37.4 Å². The first-order chi connectivity index (χ1) is 13.7. The normalized spacial score (nSPS) is 11.7. The van der Waals surface area contributed by atoms with Crippen LogP contribution in [0.4, 0.5) is 0 Å². The van der Waals surface area contributed by atoms with Crippen molar-refractivity contribution >= 4 is 17.7 Å². The van der Waals surface area contributed by atoms with Crippen molar-refractivity contribution in [3.05, 3.63) is 64.7 Å². The first-order valence-electron chi connectivity index (χ1n) is 9.45. The number of hydrogen-bond donors (Lipinski definition) is 1. The van der Waals surface area contributed by atoms with E-state index in [4.69, 9.17) is 9.47 Å². The van der Waals surface area contributed by atoms with Crippen LogP contribution in [0.2, 0.25) is 0 Å². The van der Waals surface area contributed by atoms with E-state index >= 15 is 0 Å². The minimum Gasteiger partial charge on any atom is -0.496 e. The Bertz CT molecular complexity index is 904. The molecule has 0 bridgehead atoms. The van der Waals surface area contributed by atoms with Gasteiger partial charge in [-0.05, 0) is 37.5 Å². The standard InChI is InChI=1S/C23H27NO5/c1-14(2)21(24-22(26)18-8-6-7-9-20(18)28-5)23(27)29-13-19(25)17-11-10-15(3)12-16(17)4/h6-12,14,21H,13H2,1-5H3,(H,24,26)/t21-/m0/s1. The van der Waals surface area contributed by atoms with Gasteiger partial charge < -0.3 is 14.8 Å². The van der Waals surface area contributed by atoms with Crippen molar-refractivity contribution in [2.75, 3.05) is 13.7 Å². The number of ether oxygens (including phenoxy) is 2. The number of para-hydroxylation sites is 1. The Hall–Kier alpha value is -3.15. The van der Waals surface area contributed by atoms with Gasteiger partial charge in [-0.2, -0.15) is 0 Å². The molecular weight excluding hydrogens is 370 g/mol. The number of esters is 1.